The molecule has 0 spiro atoms. The lowest BCUT2D eigenvalue weighted by atomic mass is 9.76. The Balaban J connectivity index is 2.38. The van der Waals surface area contributed by atoms with Gasteiger partial charge < -0.3 is 5.11 Å². The highest BCUT2D eigenvalue weighted by Crippen LogP contribution is 2.37. The summed E-state index contributed by atoms with van der Waals surface area (Å²) in [6.45, 7) is 1.70. The molecule has 0 saturated carbocycles. The van der Waals surface area contributed by atoms with Crippen molar-refractivity contribution in [2.45, 2.75) is 32.1 Å². The Bertz CT molecular complexity index is 414. The number of rotatable bonds is 2. The van der Waals surface area contributed by atoms with Gasteiger partial charge in [-0.25, -0.2) is 4.39 Å². The maximum absolute atomic E-state index is 13.2. The summed E-state index contributed by atoms with van der Waals surface area (Å²) < 4.78 is 13.2. The molecule has 1 N–H and O–H groups in total. The van der Waals surface area contributed by atoms with Crippen molar-refractivity contribution in [2.24, 2.45) is 5.92 Å². The van der Waals surface area contributed by atoms with Crippen LogP contribution in [0.2, 0.25) is 0 Å². The highest BCUT2D eigenvalue weighted by molar-refractivity contribution is 5.71. The van der Waals surface area contributed by atoms with Crippen LogP contribution in [0.4, 0.5) is 4.39 Å². The first kappa shape index (κ1) is 11.1. The molecule has 1 aliphatic rings. The first-order valence-corrected chi connectivity index (χ1v) is 5.60. The minimum absolute atomic E-state index is 0.0445. The van der Waals surface area contributed by atoms with Crippen LogP contribution in [0.25, 0.3) is 0 Å². The number of carboxylic acids is 1. The second-order valence-corrected chi connectivity index (χ2v) is 4.47. The van der Waals surface area contributed by atoms with Gasteiger partial charge in [0.25, 0.3) is 0 Å². The van der Waals surface area contributed by atoms with Crippen LogP contribution < -0.4 is 0 Å². The third kappa shape index (κ3) is 1.94. The van der Waals surface area contributed by atoms with Crippen LogP contribution in [0.1, 0.15) is 36.8 Å². The fourth-order valence-electron chi connectivity index (χ4n) is 2.50. The molecule has 0 fully saturated rings. The minimum Gasteiger partial charge on any atom is -0.481 e. The van der Waals surface area contributed by atoms with Crippen LogP contribution in [0.5, 0.6) is 0 Å². The summed E-state index contributed by atoms with van der Waals surface area (Å²) in [5, 5.41) is 9.04. The molecular weight excluding hydrogens is 207 g/mol. The quantitative estimate of drug-likeness (QED) is 0.835. The SMILES string of the molecule is CC(C(=O)O)C1CCCc2ccc(F)cc21. The van der Waals surface area contributed by atoms with Gasteiger partial charge in [-0.3, -0.25) is 4.79 Å². The third-order valence-electron chi connectivity index (χ3n) is 3.46. The van der Waals surface area contributed by atoms with E-state index in [4.69, 9.17) is 5.11 Å². The average Bonchev–Trinajstić information content (AvgIpc) is 2.27. The van der Waals surface area contributed by atoms with Gasteiger partial charge in [0.15, 0.2) is 0 Å². The fraction of sp³-hybridized carbons (Fsp3) is 0.462. The average molecular weight is 222 g/mol. The van der Waals surface area contributed by atoms with Crippen LogP contribution in [0, 0.1) is 11.7 Å². The summed E-state index contributed by atoms with van der Waals surface area (Å²) in [6.07, 6.45) is 2.75. The van der Waals surface area contributed by atoms with Gasteiger partial charge in [0.05, 0.1) is 5.92 Å². The van der Waals surface area contributed by atoms with Crippen molar-refractivity contribution < 1.29 is 14.3 Å². The Hall–Kier alpha value is -1.38. The van der Waals surface area contributed by atoms with E-state index in [2.05, 4.69) is 0 Å². The highest BCUT2D eigenvalue weighted by atomic mass is 19.1. The van der Waals surface area contributed by atoms with Gasteiger partial charge >= 0.3 is 5.97 Å². The summed E-state index contributed by atoms with van der Waals surface area (Å²) in [6, 6.07) is 4.73. The lowest BCUT2D eigenvalue weighted by Crippen LogP contribution is -2.23. The van der Waals surface area contributed by atoms with Crippen molar-refractivity contribution in [3.63, 3.8) is 0 Å². The van der Waals surface area contributed by atoms with E-state index in [1.165, 1.54) is 12.1 Å². The van der Waals surface area contributed by atoms with E-state index < -0.39 is 11.9 Å². The number of aliphatic carboxylic acids is 1. The van der Waals surface area contributed by atoms with Crippen molar-refractivity contribution in [2.75, 3.05) is 0 Å². The topological polar surface area (TPSA) is 37.3 Å². The summed E-state index contributed by atoms with van der Waals surface area (Å²) in [4.78, 5) is 11.0. The number of halogens is 1. The lowest BCUT2D eigenvalue weighted by Gasteiger charge is -2.28. The molecule has 16 heavy (non-hydrogen) atoms. The second kappa shape index (κ2) is 4.24. The van der Waals surface area contributed by atoms with Gasteiger partial charge in [0, 0.05) is 0 Å². The van der Waals surface area contributed by atoms with E-state index in [0.717, 1.165) is 30.4 Å². The van der Waals surface area contributed by atoms with Crippen LogP contribution >= 0.6 is 0 Å². The molecule has 0 bridgehead atoms. The van der Waals surface area contributed by atoms with E-state index in [0.29, 0.717) is 0 Å². The number of carboxylic acid groups (broad SMARTS) is 1. The van der Waals surface area contributed by atoms with E-state index in [1.54, 1.807) is 13.0 Å². The van der Waals surface area contributed by atoms with Crippen molar-refractivity contribution in [3.8, 4) is 0 Å². The van der Waals surface area contributed by atoms with Gasteiger partial charge in [-0.1, -0.05) is 13.0 Å². The molecule has 2 atom stereocenters. The third-order valence-corrected chi connectivity index (χ3v) is 3.46. The van der Waals surface area contributed by atoms with Crippen LogP contribution in [-0.4, -0.2) is 11.1 Å². The summed E-state index contributed by atoms with van der Waals surface area (Å²) in [5.41, 5.74) is 1.99. The predicted octanol–water partition coefficient (Wildman–Crippen LogP) is 2.97. The van der Waals surface area contributed by atoms with Gasteiger partial charge in [-0.2, -0.15) is 0 Å². The molecule has 2 nitrogen and oxygen atoms in total. The molecule has 86 valence electrons. The van der Waals surface area contributed by atoms with Crippen LogP contribution in [-0.2, 0) is 11.2 Å². The Labute approximate surface area is 94.1 Å². The van der Waals surface area contributed by atoms with Crippen LogP contribution in [0.3, 0.4) is 0 Å². The normalized spacial score (nSPS) is 21.2. The first-order chi connectivity index (χ1) is 7.59. The van der Waals surface area contributed by atoms with Gasteiger partial charge in [-0.05, 0) is 48.4 Å². The molecule has 1 aromatic rings. The molecule has 0 saturated heterocycles. The van der Waals surface area contributed by atoms with Crippen LogP contribution in [0.15, 0.2) is 18.2 Å². The molecule has 0 heterocycles. The first-order valence-electron chi connectivity index (χ1n) is 5.60. The Morgan fingerprint density at radius 3 is 3.00 bits per heavy atom. The number of hydrogen-bond acceptors (Lipinski definition) is 1. The second-order valence-electron chi connectivity index (χ2n) is 4.47. The number of aryl methyl sites for hydroxylation is 1. The molecule has 2 rings (SSSR count). The predicted molar refractivity (Wildman–Crippen MR) is 58.9 cm³/mol. The summed E-state index contributed by atoms with van der Waals surface area (Å²) in [7, 11) is 0. The highest BCUT2D eigenvalue weighted by Gasteiger charge is 2.29. The number of benzene rings is 1. The number of fused-ring (bicyclic) bond motifs is 1. The molecule has 1 aliphatic carbocycles. The molecule has 1 aromatic carbocycles. The van der Waals surface area contributed by atoms with Crippen molar-refractivity contribution in [3.05, 3.63) is 35.1 Å². The summed E-state index contributed by atoms with van der Waals surface area (Å²) in [5.74, 6) is -1.57. The minimum atomic E-state index is -0.804. The molecule has 0 amide bonds. The van der Waals surface area contributed by atoms with E-state index in [-0.39, 0.29) is 11.7 Å². The van der Waals surface area contributed by atoms with Gasteiger partial charge in [0.2, 0.25) is 0 Å². The van der Waals surface area contributed by atoms with E-state index in [9.17, 15) is 9.18 Å². The van der Waals surface area contributed by atoms with Crippen molar-refractivity contribution in [1.29, 1.82) is 0 Å². The molecule has 0 radical (unpaired) electrons. The van der Waals surface area contributed by atoms with Gasteiger partial charge in [0.1, 0.15) is 5.82 Å². The van der Waals surface area contributed by atoms with Gasteiger partial charge in [-0.15, -0.1) is 0 Å². The zero-order valence-corrected chi connectivity index (χ0v) is 9.24. The zero-order chi connectivity index (χ0) is 11.7. The lowest BCUT2D eigenvalue weighted by molar-refractivity contribution is -0.142. The fourth-order valence-corrected chi connectivity index (χ4v) is 2.50. The molecule has 2 unspecified atom stereocenters. The maximum Gasteiger partial charge on any atom is 0.306 e. The Morgan fingerprint density at radius 2 is 2.31 bits per heavy atom. The molecule has 3 heteroatoms. The van der Waals surface area contributed by atoms with E-state index in [1.807, 2.05) is 0 Å². The Morgan fingerprint density at radius 1 is 1.56 bits per heavy atom. The standard InChI is InChI=1S/C13H15FO2/c1-8(13(15)16)11-4-2-3-9-5-6-10(14)7-12(9)11/h5-8,11H,2-4H2,1H3,(H,15,16). The molecule has 0 aromatic heterocycles. The summed E-state index contributed by atoms with van der Waals surface area (Å²) >= 11 is 0. The smallest absolute Gasteiger partial charge is 0.306 e. The zero-order valence-electron chi connectivity index (χ0n) is 9.24. The molecular formula is C13H15FO2. The largest absolute Gasteiger partial charge is 0.481 e. The van der Waals surface area contributed by atoms with Crippen molar-refractivity contribution >= 4 is 5.97 Å². The maximum atomic E-state index is 13.2. The van der Waals surface area contributed by atoms with E-state index >= 15 is 0 Å². The number of carbonyl (C=O) groups is 1. The molecule has 0 aliphatic heterocycles. The number of hydrogen-bond donors (Lipinski definition) is 1. The monoisotopic (exact) mass is 222 g/mol. The van der Waals surface area contributed by atoms with Crippen molar-refractivity contribution in [1.82, 2.24) is 0 Å². The Kier molecular flexibility index (Phi) is 2.95.